The average molecular weight is 410 g/mol. The van der Waals surface area contributed by atoms with Crippen LogP contribution in [-0.4, -0.2) is 85.6 Å². The van der Waals surface area contributed by atoms with Gasteiger partial charge in [-0.25, -0.2) is 9.48 Å². The zero-order valence-corrected chi connectivity index (χ0v) is 18.5. The van der Waals surface area contributed by atoms with Crippen LogP contribution in [0.5, 0.6) is 0 Å². The predicted molar refractivity (Wildman–Crippen MR) is 111 cm³/mol. The fourth-order valence-electron chi connectivity index (χ4n) is 3.13. The summed E-state index contributed by atoms with van der Waals surface area (Å²) in [6, 6.07) is 1.45. The third kappa shape index (κ3) is 7.32. The van der Waals surface area contributed by atoms with E-state index in [0.717, 1.165) is 43.9 Å². The summed E-state index contributed by atoms with van der Waals surface area (Å²) in [5, 5.41) is 7.31. The lowest BCUT2D eigenvalue weighted by Crippen LogP contribution is -2.52. The van der Waals surface area contributed by atoms with E-state index in [-0.39, 0.29) is 0 Å². The van der Waals surface area contributed by atoms with Crippen molar-refractivity contribution in [2.24, 2.45) is 0 Å². The highest BCUT2D eigenvalue weighted by Crippen LogP contribution is 2.17. The number of ether oxygens (including phenoxy) is 2. The zero-order valence-electron chi connectivity index (χ0n) is 18.5. The van der Waals surface area contributed by atoms with Crippen molar-refractivity contribution in [1.82, 2.24) is 20.0 Å². The maximum atomic E-state index is 11.9. The van der Waals surface area contributed by atoms with E-state index < -0.39 is 17.7 Å². The number of aldehydes is 1. The molecule has 9 heteroatoms. The first-order valence-electron chi connectivity index (χ1n) is 10.0. The number of aryl methyl sites for hydroxylation is 1. The summed E-state index contributed by atoms with van der Waals surface area (Å²) >= 11 is 0. The molecule has 29 heavy (non-hydrogen) atoms. The first kappa shape index (κ1) is 23.2. The van der Waals surface area contributed by atoms with Crippen molar-refractivity contribution in [3.8, 4) is 0 Å². The van der Waals surface area contributed by atoms with E-state index in [1.54, 1.807) is 27.9 Å². The molecule has 9 nitrogen and oxygen atoms in total. The lowest BCUT2D eigenvalue weighted by Gasteiger charge is -2.37. The molecule has 1 aliphatic rings. The molecule has 2 rings (SSSR count). The Morgan fingerprint density at radius 3 is 2.62 bits per heavy atom. The molecule has 0 spiro atoms. The number of methoxy groups -OCH3 is 1. The SMILES string of the molecule is COC1CN(CCc2cc(N(C)C)n(CCC(C=O)NC(=O)OC(C)(C)C)n2)C1. The van der Waals surface area contributed by atoms with Crippen molar-refractivity contribution in [2.75, 3.05) is 45.7 Å². The second kappa shape index (κ2) is 10.1. The molecule has 1 unspecified atom stereocenters. The van der Waals surface area contributed by atoms with Crippen molar-refractivity contribution in [3.05, 3.63) is 11.8 Å². The van der Waals surface area contributed by atoms with Crippen LogP contribution in [0.25, 0.3) is 0 Å². The minimum absolute atomic E-state index is 0.350. The average Bonchev–Trinajstić information content (AvgIpc) is 2.99. The smallest absolute Gasteiger partial charge is 0.408 e. The molecule has 164 valence electrons. The van der Waals surface area contributed by atoms with Gasteiger partial charge in [-0.05, 0) is 27.2 Å². The molecule has 1 amide bonds. The normalized spacial score (nSPS) is 16.2. The van der Waals surface area contributed by atoms with Crippen LogP contribution in [0, 0.1) is 0 Å². The summed E-state index contributed by atoms with van der Waals surface area (Å²) in [7, 11) is 5.68. The lowest BCUT2D eigenvalue weighted by atomic mass is 10.1. The number of carbonyl (C=O) groups is 2. The van der Waals surface area contributed by atoms with Gasteiger partial charge in [0.15, 0.2) is 0 Å². The summed E-state index contributed by atoms with van der Waals surface area (Å²) in [6.45, 7) is 8.75. The number of likely N-dealkylation sites (tertiary alicyclic amines) is 1. The van der Waals surface area contributed by atoms with Crippen LogP contribution < -0.4 is 10.2 Å². The van der Waals surface area contributed by atoms with Gasteiger partial charge >= 0.3 is 6.09 Å². The van der Waals surface area contributed by atoms with Crippen LogP contribution in [0.4, 0.5) is 10.6 Å². The molecule has 1 aromatic heterocycles. The molecule has 0 bridgehead atoms. The summed E-state index contributed by atoms with van der Waals surface area (Å²) in [4.78, 5) is 27.6. The largest absolute Gasteiger partial charge is 0.444 e. The lowest BCUT2D eigenvalue weighted by molar-refractivity contribution is -0.109. The van der Waals surface area contributed by atoms with E-state index in [2.05, 4.69) is 16.3 Å². The number of hydrogen-bond donors (Lipinski definition) is 1. The molecule has 1 atom stereocenters. The summed E-state index contributed by atoms with van der Waals surface area (Å²) < 4.78 is 12.4. The molecule has 0 saturated carbocycles. The first-order valence-corrected chi connectivity index (χ1v) is 10.0. The predicted octanol–water partition coefficient (Wildman–Crippen LogP) is 1.30. The maximum absolute atomic E-state index is 11.9. The number of nitrogens with one attached hydrogen (secondary N) is 1. The molecular formula is C20H35N5O4. The number of aromatic nitrogens is 2. The number of alkyl carbamates (subject to hydrolysis) is 1. The Kier molecular flexibility index (Phi) is 8.04. The topological polar surface area (TPSA) is 88.9 Å². The molecule has 1 N–H and O–H groups in total. The van der Waals surface area contributed by atoms with Crippen LogP contribution in [0.15, 0.2) is 6.07 Å². The Hall–Kier alpha value is -2.13. The Labute approximate surface area is 173 Å². The monoisotopic (exact) mass is 409 g/mol. The highest BCUT2D eigenvalue weighted by atomic mass is 16.6. The van der Waals surface area contributed by atoms with Gasteiger partial charge in [0.05, 0.1) is 17.8 Å². The highest BCUT2D eigenvalue weighted by molar-refractivity contribution is 5.73. The number of amides is 1. The number of nitrogens with zero attached hydrogens (tertiary/aromatic N) is 4. The number of hydrogen-bond acceptors (Lipinski definition) is 7. The molecule has 2 heterocycles. The van der Waals surface area contributed by atoms with Gasteiger partial charge in [0, 0.05) is 59.9 Å². The van der Waals surface area contributed by atoms with Gasteiger partial charge in [0.2, 0.25) is 0 Å². The third-order valence-corrected chi connectivity index (χ3v) is 4.73. The van der Waals surface area contributed by atoms with Gasteiger partial charge in [-0.1, -0.05) is 0 Å². The van der Waals surface area contributed by atoms with E-state index in [0.29, 0.717) is 19.1 Å². The Balaban J connectivity index is 1.90. The Bertz CT molecular complexity index is 677. The highest BCUT2D eigenvalue weighted by Gasteiger charge is 2.26. The van der Waals surface area contributed by atoms with Crippen LogP contribution in [0.3, 0.4) is 0 Å². The van der Waals surface area contributed by atoms with Crippen molar-refractivity contribution in [1.29, 1.82) is 0 Å². The van der Waals surface area contributed by atoms with Crippen LogP contribution >= 0.6 is 0 Å². The van der Waals surface area contributed by atoms with Gasteiger partial charge in [-0.15, -0.1) is 0 Å². The van der Waals surface area contributed by atoms with E-state index in [1.165, 1.54) is 0 Å². The molecule has 1 aliphatic heterocycles. The fourth-order valence-corrected chi connectivity index (χ4v) is 3.13. The van der Waals surface area contributed by atoms with E-state index in [4.69, 9.17) is 14.6 Å². The minimum atomic E-state index is -0.625. The van der Waals surface area contributed by atoms with Crippen LogP contribution in [0.1, 0.15) is 32.9 Å². The molecule has 1 aromatic rings. The van der Waals surface area contributed by atoms with E-state index >= 15 is 0 Å². The quantitative estimate of drug-likeness (QED) is 0.583. The van der Waals surface area contributed by atoms with Crippen LogP contribution in [0.2, 0.25) is 0 Å². The number of anilines is 1. The van der Waals surface area contributed by atoms with E-state index in [9.17, 15) is 9.59 Å². The number of carbonyl (C=O) groups excluding carboxylic acids is 2. The Morgan fingerprint density at radius 1 is 1.38 bits per heavy atom. The Morgan fingerprint density at radius 2 is 2.07 bits per heavy atom. The summed E-state index contributed by atoms with van der Waals surface area (Å²) in [5.41, 5.74) is 0.406. The van der Waals surface area contributed by atoms with Crippen LogP contribution in [-0.2, 0) is 27.2 Å². The van der Waals surface area contributed by atoms with E-state index in [1.807, 2.05) is 23.7 Å². The van der Waals surface area contributed by atoms with Gasteiger partial charge in [-0.3, -0.25) is 4.90 Å². The molecule has 1 fully saturated rings. The first-order chi connectivity index (χ1) is 13.6. The third-order valence-electron chi connectivity index (χ3n) is 4.73. The molecule has 1 saturated heterocycles. The van der Waals surface area contributed by atoms with Gasteiger partial charge < -0.3 is 24.5 Å². The zero-order chi connectivity index (χ0) is 21.6. The maximum Gasteiger partial charge on any atom is 0.408 e. The van der Waals surface area contributed by atoms with Crippen molar-refractivity contribution in [2.45, 2.75) is 57.9 Å². The van der Waals surface area contributed by atoms with Crippen molar-refractivity contribution >= 4 is 18.2 Å². The van der Waals surface area contributed by atoms with Gasteiger partial charge in [0.25, 0.3) is 0 Å². The second-order valence-corrected chi connectivity index (χ2v) is 8.66. The van der Waals surface area contributed by atoms with Gasteiger partial charge in [0.1, 0.15) is 17.7 Å². The fraction of sp³-hybridized carbons (Fsp3) is 0.750. The van der Waals surface area contributed by atoms with Gasteiger partial charge in [-0.2, -0.15) is 5.10 Å². The molecule has 0 aromatic carbocycles. The summed E-state index contributed by atoms with van der Waals surface area (Å²) in [6.07, 6.45) is 1.79. The minimum Gasteiger partial charge on any atom is -0.444 e. The van der Waals surface area contributed by atoms with Crippen molar-refractivity contribution in [3.63, 3.8) is 0 Å². The summed E-state index contributed by atoms with van der Waals surface area (Å²) in [5.74, 6) is 0.972. The molecule has 0 radical (unpaired) electrons. The molecular weight excluding hydrogens is 374 g/mol. The number of rotatable bonds is 10. The second-order valence-electron chi connectivity index (χ2n) is 8.66. The molecule has 0 aliphatic carbocycles. The standard InChI is InChI=1S/C20H35N5O4/c1-20(2,3)29-19(27)21-16(14-26)8-10-25-18(23(4)5)11-15(22-25)7-9-24-12-17(13-24)28-6/h11,14,16-17H,7-10,12-13H2,1-6H3,(H,21,27). The van der Waals surface area contributed by atoms with Crippen molar-refractivity contribution < 1.29 is 19.1 Å².